The highest BCUT2D eigenvalue weighted by Gasteiger charge is 2.33. The second kappa shape index (κ2) is 8.01. The first-order valence-electron chi connectivity index (χ1n) is 8.21. The largest absolute Gasteiger partial charge is 0.497 e. The number of amides is 1. The van der Waals surface area contributed by atoms with Crippen LogP contribution in [-0.2, 0) is 9.53 Å². The van der Waals surface area contributed by atoms with E-state index in [0.29, 0.717) is 15.8 Å². The predicted octanol–water partition coefficient (Wildman–Crippen LogP) is 3.79. The summed E-state index contributed by atoms with van der Waals surface area (Å²) in [5.74, 6) is -0.122. The molecule has 1 aliphatic rings. The molecule has 1 amide bonds. The smallest absolute Gasteiger partial charge is 0.340 e. The molecule has 0 aromatic heterocycles. The van der Waals surface area contributed by atoms with Crippen LogP contribution in [0.2, 0.25) is 0 Å². The molecule has 1 fully saturated rings. The lowest BCUT2D eigenvalue weighted by Gasteiger charge is -2.40. The maximum Gasteiger partial charge on any atom is 0.340 e. The number of ether oxygens (including phenoxy) is 2. The molecule has 3 atom stereocenters. The molecule has 1 heterocycles. The molecular formula is C18H24BrNO4. The summed E-state index contributed by atoms with van der Waals surface area (Å²) in [6.07, 6.45) is 2.27. The second-order valence-corrected chi connectivity index (χ2v) is 7.12. The number of piperidine rings is 1. The number of halogens is 1. The number of rotatable bonds is 4. The van der Waals surface area contributed by atoms with Crippen molar-refractivity contribution in [1.82, 2.24) is 4.90 Å². The van der Waals surface area contributed by atoms with Crippen LogP contribution in [0.3, 0.4) is 0 Å². The number of esters is 1. The molecular weight excluding hydrogens is 374 g/mol. The standard InChI is InChI=1S/C18H24BrNO4/c1-11-6-5-7-12(2)20(11)17(21)13(3)24-18(22)15-10-14(23-4)8-9-16(15)19/h8-13H,5-7H2,1-4H3/t11-,12-,13+/m0/s1. The van der Waals surface area contributed by atoms with Crippen molar-refractivity contribution in [3.8, 4) is 5.75 Å². The van der Waals surface area contributed by atoms with Crippen LogP contribution in [0.5, 0.6) is 5.75 Å². The quantitative estimate of drug-likeness (QED) is 0.725. The molecule has 0 N–H and O–H groups in total. The van der Waals surface area contributed by atoms with Gasteiger partial charge in [-0.1, -0.05) is 0 Å². The van der Waals surface area contributed by atoms with Crippen molar-refractivity contribution in [1.29, 1.82) is 0 Å². The molecule has 1 aromatic rings. The van der Waals surface area contributed by atoms with E-state index < -0.39 is 12.1 Å². The van der Waals surface area contributed by atoms with Gasteiger partial charge in [-0.25, -0.2) is 4.79 Å². The number of nitrogens with zero attached hydrogens (tertiary/aromatic N) is 1. The predicted molar refractivity (Wildman–Crippen MR) is 95.2 cm³/mol. The van der Waals surface area contributed by atoms with E-state index in [4.69, 9.17) is 9.47 Å². The van der Waals surface area contributed by atoms with Crippen LogP contribution in [0.25, 0.3) is 0 Å². The van der Waals surface area contributed by atoms with Crippen molar-refractivity contribution in [2.75, 3.05) is 7.11 Å². The summed E-state index contributed by atoms with van der Waals surface area (Å²) in [4.78, 5) is 27.0. The van der Waals surface area contributed by atoms with Gasteiger partial charge in [-0.15, -0.1) is 0 Å². The van der Waals surface area contributed by atoms with Gasteiger partial charge < -0.3 is 14.4 Å². The number of methoxy groups -OCH3 is 1. The molecule has 1 aliphatic heterocycles. The highest BCUT2D eigenvalue weighted by atomic mass is 79.9. The maximum atomic E-state index is 12.7. The molecule has 132 valence electrons. The zero-order chi connectivity index (χ0) is 17.9. The molecule has 1 aromatic carbocycles. The first-order chi connectivity index (χ1) is 11.3. The van der Waals surface area contributed by atoms with Crippen molar-refractivity contribution in [3.63, 3.8) is 0 Å². The van der Waals surface area contributed by atoms with Crippen molar-refractivity contribution >= 4 is 27.8 Å². The minimum absolute atomic E-state index is 0.137. The molecule has 5 nitrogen and oxygen atoms in total. The number of carbonyl (C=O) groups is 2. The molecule has 0 radical (unpaired) electrons. The molecule has 0 saturated carbocycles. The average molecular weight is 398 g/mol. The molecule has 1 saturated heterocycles. The third-order valence-electron chi connectivity index (χ3n) is 4.47. The lowest BCUT2D eigenvalue weighted by atomic mass is 9.97. The summed E-state index contributed by atoms with van der Waals surface area (Å²) < 4.78 is 11.1. The molecule has 0 aliphatic carbocycles. The first kappa shape index (κ1) is 18.8. The van der Waals surface area contributed by atoms with E-state index in [1.165, 1.54) is 7.11 Å². The zero-order valence-corrected chi connectivity index (χ0v) is 16.1. The third-order valence-corrected chi connectivity index (χ3v) is 5.16. The van der Waals surface area contributed by atoms with Gasteiger partial charge in [-0.2, -0.15) is 0 Å². The van der Waals surface area contributed by atoms with Crippen LogP contribution >= 0.6 is 15.9 Å². The molecule has 0 bridgehead atoms. The summed E-state index contributed by atoms with van der Waals surface area (Å²) in [6.45, 7) is 5.71. The fourth-order valence-electron chi connectivity index (χ4n) is 3.13. The van der Waals surface area contributed by atoms with Crippen molar-refractivity contribution < 1.29 is 19.1 Å². The summed E-state index contributed by atoms with van der Waals surface area (Å²) in [6, 6.07) is 5.40. The van der Waals surface area contributed by atoms with Crippen LogP contribution in [0.1, 0.15) is 50.4 Å². The fraction of sp³-hybridized carbons (Fsp3) is 0.556. The van der Waals surface area contributed by atoms with Crippen molar-refractivity contribution in [2.24, 2.45) is 0 Å². The number of hydrogen-bond acceptors (Lipinski definition) is 4. The molecule has 0 unspecified atom stereocenters. The minimum atomic E-state index is -0.821. The van der Waals surface area contributed by atoms with E-state index in [2.05, 4.69) is 15.9 Å². The Hall–Kier alpha value is -1.56. The van der Waals surface area contributed by atoms with Crippen LogP contribution in [0.15, 0.2) is 22.7 Å². The second-order valence-electron chi connectivity index (χ2n) is 6.27. The van der Waals surface area contributed by atoms with Gasteiger partial charge in [-0.05, 0) is 74.2 Å². The Morgan fingerprint density at radius 1 is 1.25 bits per heavy atom. The Balaban J connectivity index is 2.09. The van der Waals surface area contributed by atoms with Gasteiger partial charge >= 0.3 is 5.97 Å². The SMILES string of the molecule is COc1ccc(Br)c(C(=O)O[C@H](C)C(=O)N2[C@@H](C)CCC[C@@H]2C)c1. The topological polar surface area (TPSA) is 55.8 Å². The van der Waals surface area contributed by atoms with E-state index in [9.17, 15) is 9.59 Å². The summed E-state index contributed by atoms with van der Waals surface area (Å²) in [7, 11) is 1.53. The van der Waals surface area contributed by atoms with Crippen LogP contribution < -0.4 is 4.74 Å². The zero-order valence-electron chi connectivity index (χ0n) is 14.5. The Morgan fingerprint density at radius 3 is 2.46 bits per heavy atom. The van der Waals surface area contributed by atoms with E-state index in [1.54, 1.807) is 25.1 Å². The number of likely N-dealkylation sites (tertiary alicyclic amines) is 1. The minimum Gasteiger partial charge on any atom is -0.497 e. The molecule has 24 heavy (non-hydrogen) atoms. The number of carbonyl (C=O) groups excluding carboxylic acids is 2. The fourth-order valence-corrected chi connectivity index (χ4v) is 3.54. The Kier molecular flexibility index (Phi) is 6.27. The third kappa shape index (κ3) is 4.09. The van der Waals surface area contributed by atoms with Gasteiger partial charge in [0.05, 0.1) is 12.7 Å². The summed E-state index contributed by atoms with van der Waals surface area (Å²) in [5.41, 5.74) is 0.341. The van der Waals surface area contributed by atoms with Gasteiger partial charge in [-0.3, -0.25) is 4.79 Å². The van der Waals surface area contributed by atoms with Gasteiger partial charge in [0.25, 0.3) is 5.91 Å². The molecule has 0 spiro atoms. The lowest BCUT2D eigenvalue weighted by molar-refractivity contribution is -0.146. The number of hydrogen-bond donors (Lipinski definition) is 0. The molecule has 6 heteroatoms. The van der Waals surface area contributed by atoms with Crippen LogP contribution in [0.4, 0.5) is 0 Å². The Labute approximate surface area is 151 Å². The highest BCUT2D eigenvalue weighted by molar-refractivity contribution is 9.10. The van der Waals surface area contributed by atoms with Gasteiger partial charge in [0.1, 0.15) is 5.75 Å². The monoisotopic (exact) mass is 397 g/mol. The van der Waals surface area contributed by atoms with Crippen LogP contribution in [-0.4, -0.2) is 42.1 Å². The van der Waals surface area contributed by atoms with Gasteiger partial charge in [0, 0.05) is 16.6 Å². The highest BCUT2D eigenvalue weighted by Crippen LogP contribution is 2.26. The van der Waals surface area contributed by atoms with E-state index in [-0.39, 0.29) is 18.0 Å². The first-order valence-corrected chi connectivity index (χ1v) is 9.01. The number of benzene rings is 1. The summed E-state index contributed by atoms with van der Waals surface area (Å²) >= 11 is 3.33. The van der Waals surface area contributed by atoms with E-state index >= 15 is 0 Å². The van der Waals surface area contributed by atoms with Gasteiger partial charge in [0.2, 0.25) is 0 Å². The van der Waals surface area contributed by atoms with Crippen LogP contribution in [0, 0.1) is 0 Å². The van der Waals surface area contributed by atoms with Crippen molar-refractivity contribution in [3.05, 3.63) is 28.2 Å². The van der Waals surface area contributed by atoms with Gasteiger partial charge in [0.15, 0.2) is 6.10 Å². The maximum absolute atomic E-state index is 12.7. The Bertz CT molecular complexity index is 609. The Morgan fingerprint density at radius 2 is 1.88 bits per heavy atom. The normalized spacial score (nSPS) is 22.0. The van der Waals surface area contributed by atoms with E-state index in [1.807, 2.05) is 18.7 Å². The molecule has 2 rings (SSSR count). The lowest BCUT2D eigenvalue weighted by Crippen LogP contribution is -2.51. The van der Waals surface area contributed by atoms with Crippen molar-refractivity contribution in [2.45, 2.75) is 58.2 Å². The summed E-state index contributed by atoms with van der Waals surface area (Å²) in [5, 5.41) is 0. The van der Waals surface area contributed by atoms with E-state index in [0.717, 1.165) is 19.3 Å². The average Bonchev–Trinajstić information content (AvgIpc) is 2.54.